The van der Waals surface area contributed by atoms with Crippen LogP contribution < -0.4 is 5.32 Å². The van der Waals surface area contributed by atoms with Crippen molar-refractivity contribution in [2.75, 3.05) is 6.54 Å². The molecule has 0 aliphatic heterocycles. The van der Waals surface area contributed by atoms with E-state index >= 15 is 0 Å². The Labute approximate surface area is 127 Å². The largest absolute Gasteiger partial charge is 0.481 e. The maximum atomic E-state index is 13.1. The van der Waals surface area contributed by atoms with Crippen molar-refractivity contribution in [2.24, 2.45) is 11.8 Å². The van der Waals surface area contributed by atoms with E-state index in [4.69, 9.17) is 16.7 Å². The van der Waals surface area contributed by atoms with Crippen LogP contribution in [0.1, 0.15) is 37.0 Å². The predicted octanol–water partition coefficient (Wildman–Crippen LogP) is 2.74. The van der Waals surface area contributed by atoms with E-state index in [9.17, 15) is 14.0 Å². The molecular formula is C14H18ClFN2O3. The van der Waals surface area contributed by atoms with Gasteiger partial charge in [0.05, 0.1) is 11.8 Å². The summed E-state index contributed by atoms with van der Waals surface area (Å²) in [5.41, 5.74) is -0.0599. The van der Waals surface area contributed by atoms with Crippen LogP contribution in [0.2, 0.25) is 5.15 Å². The normalized spacial score (nSPS) is 12.2. The Morgan fingerprint density at radius 2 is 2.14 bits per heavy atom. The van der Waals surface area contributed by atoms with Crippen molar-refractivity contribution >= 4 is 23.5 Å². The average Bonchev–Trinajstić information content (AvgIpc) is 2.37. The van der Waals surface area contributed by atoms with Gasteiger partial charge in [0.25, 0.3) is 5.91 Å². The van der Waals surface area contributed by atoms with Gasteiger partial charge in [-0.2, -0.15) is 0 Å². The van der Waals surface area contributed by atoms with E-state index in [1.54, 1.807) is 0 Å². The Hall–Kier alpha value is -1.69. The predicted molar refractivity (Wildman–Crippen MR) is 76.7 cm³/mol. The van der Waals surface area contributed by atoms with E-state index in [0.717, 1.165) is 12.3 Å². The van der Waals surface area contributed by atoms with Crippen LogP contribution in [0.3, 0.4) is 0 Å². The first-order chi connectivity index (χ1) is 9.79. The summed E-state index contributed by atoms with van der Waals surface area (Å²) in [5.74, 6) is -2.02. The quantitative estimate of drug-likeness (QED) is 0.758. The fraction of sp³-hybridized carbons (Fsp3) is 0.500. The van der Waals surface area contributed by atoms with E-state index < -0.39 is 17.7 Å². The smallest absolute Gasteiger partial charge is 0.303 e. The first kappa shape index (κ1) is 17.4. The number of nitrogens with zero attached hydrogens (tertiary/aromatic N) is 1. The second-order valence-corrected chi connectivity index (χ2v) is 5.65. The van der Waals surface area contributed by atoms with Crippen LogP contribution in [0.25, 0.3) is 0 Å². The molecule has 1 aromatic heterocycles. The molecule has 0 aliphatic carbocycles. The molecule has 0 saturated carbocycles. The van der Waals surface area contributed by atoms with Gasteiger partial charge in [-0.25, -0.2) is 9.37 Å². The third-order valence-corrected chi connectivity index (χ3v) is 3.17. The highest BCUT2D eigenvalue weighted by atomic mass is 35.5. The molecule has 0 unspecified atom stereocenters. The molecule has 1 rings (SSSR count). The van der Waals surface area contributed by atoms with Gasteiger partial charge in [-0.05, 0) is 24.3 Å². The Morgan fingerprint density at radius 1 is 1.48 bits per heavy atom. The summed E-state index contributed by atoms with van der Waals surface area (Å²) in [6.45, 7) is 4.14. The zero-order valence-corrected chi connectivity index (χ0v) is 12.7. The second kappa shape index (κ2) is 7.93. The van der Waals surface area contributed by atoms with Gasteiger partial charge in [0.1, 0.15) is 11.0 Å². The van der Waals surface area contributed by atoms with Crippen molar-refractivity contribution in [3.63, 3.8) is 0 Å². The van der Waals surface area contributed by atoms with E-state index in [2.05, 4.69) is 10.3 Å². The van der Waals surface area contributed by atoms with E-state index in [-0.39, 0.29) is 29.6 Å². The number of aromatic nitrogens is 1. The summed E-state index contributed by atoms with van der Waals surface area (Å²) in [6, 6.07) is 0.999. The van der Waals surface area contributed by atoms with Crippen molar-refractivity contribution in [3.8, 4) is 0 Å². The second-order valence-electron chi connectivity index (χ2n) is 5.30. The molecule has 0 spiro atoms. The lowest BCUT2D eigenvalue weighted by Gasteiger charge is -2.17. The Bertz CT molecular complexity index is 523. The Balaban J connectivity index is 2.68. The molecule has 21 heavy (non-hydrogen) atoms. The fourth-order valence-electron chi connectivity index (χ4n) is 2.07. The first-order valence-corrected chi connectivity index (χ1v) is 6.98. The van der Waals surface area contributed by atoms with Crippen LogP contribution in [0.15, 0.2) is 12.3 Å². The number of pyridine rings is 1. The highest BCUT2D eigenvalue weighted by Gasteiger charge is 2.18. The van der Waals surface area contributed by atoms with Crippen molar-refractivity contribution in [1.82, 2.24) is 10.3 Å². The lowest BCUT2D eigenvalue weighted by atomic mass is 9.94. The third-order valence-electron chi connectivity index (χ3n) is 2.87. The van der Waals surface area contributed by atoms with E-state index in [1.165, 1.54) is 0 Å². The standard InChI is InChI=1S/C14H18ClFN2O3/c1-8(2)3-9(4-12(19)20)6-18-14(21)11-5-10(16)7-17-13(11)15/h5,7-9H,3-4,6H2,1-2H3,(H,18,21)(H,19,20)/t9-/m0/s1. The minimum atomic E-state index is -0.916. The summed E-state index contributed by atoms with van der Waals surface area (Å²) in [4.78, 5) is 26.3. The van der Waals surface area contributed by atoms with Crippen molar-refractivity contribution in [2.45, 2.75) is 26.7 Å². The molecule has 0 aromatic carbocycles. The van der Waals surface area contributed by atoms with Gasteiger partial charge in [0, 0.05) is 13.0 Å². The zero-order chi connectivity index (χ0) is 16.0. The number of carbonyl (C=O) groups excluding carboxylic acids is 1. The first-order valence-electron chi connectivity index (χ1n) is 6.60. The number of carboxylic acids is 1. The molecular weight excluding hydrogens is 299 g/mol. The van der Waals surface area contributed by atoms with Gasteiger partial charge in [-0.15, -0.1) is 0 Å². The lowest BCUT2D eigenvalue weighted by Crippen LogP contribution is -2.31. The number of hydrogen-bond donors (Lipinski definition) is 2. The summed E-state index contributed by atoms with van der Waals surface area (Å²) in [6.07, 6.45) is 1.56. The number of amides is 1. The molecule has 1 aromatic rings. The van der Waals surface area contributed by atoms with E-state index in [0.29, 0.717) is 12.3 Å². The average molecular weight is 317 g/mol. The Kier molecular flexibility index (Phi) is 6.55. The maximum absolute atomic E-state index is 13.1. The Morgan fingerprint density at radius 3 is 2.71 bits per heavy atom. The van der Waals surface area contributed by atoms with Gasteiger partial charge in [0.2, 0.25) is 0 Å². The van der Waals surface area contributed by atoms with Gasteiger partial charge in [-0.3, -0.25) is 9.59 Å². The number of carboxylic acid groups (broad SMARTS) is 1. The summed E-state index contributed by atoms with van der Waals surface area (Å²) in [7, 11) is 0. The number of rotatable bonds is 7. The topological polar surface area (TPSA) is 79.3 Å². The molecule has 5 nitrogen and oxygen atoms in total. The molecule has 1 heterocycles. The highest BCUT2D eigenvalue weighted by Crippen LogP contribution is 2.16. The fourth-order valence-corrected chi connectivity index (χ4v) is 2.26. The summed E-state index contributed by atoms with van der Waals surface area (Å²) in [5, 5.41) is 11.4. The minimum Gasteiger partial charge on any atom is -0.481 e. The molecule has 1 amide bonds. The SMILES string of the molecule is CC(C)C[C@H](CNC(=O)c1cc(F)cnc1Cl)CC(=O)O. The number of hydrogen-bond acceptors (Lipinski definition) is 3. The van der Waals surface area contributed by atoms with Crippen molar-refractivity contribution in [1.29, 1.82) is 0 Å². The molecule has 116 valence electrons. The molecule has 0 saturated heterocycles. The number of carbonyl (C=O) groups is 2. The third kappa shape index (κ3) is 6.08. The molecule has 0 fully saturated rings. The molecule has 7 heteroatoms. The molecule has 2 N–H and O–H groups in total. The van der Waals surface area contributed by atoms with Crippen LogP contribution in [-0.2, 0) is 4.79 Å². The number of halogens is 2. The van der Waals surface area contributed by atoms with Crippen LogP contribution in [0.4, 0.5) is 4.39 Å². The van der Waals surface area contributed by atoms with Gasteiger partial charge < -0.3 is 10.4 Å². The summed E-state index contributed by atoms with van der Waals surface area (Å²) >= 11 is 5.74. The van der Waals surface area contributed by atoms with Crippen LogP contribution in [-0.4, -0.2) is 28.5 Å². The van der Waals surface area contributed by atoms with Crippen LogP contribution in [0, 0.1) is 17.7 Å². The number of aliphatic carboxylic acids is 1. The van der Waals surface area contributed by atoms with Crippen LogP contribution in [0.5, 0.6) is 0 Å². The monoisotopic (exact) mass is 316 g/mol. The molecule has 0 aliphatic rings. The van der Waals surface area contributed by atoms with Crippen LogP contribution >= 0.6 is 11.6 Å². The molecule has 0 bridgehead atoms. The molecule has 1 atom stereocenters. The van der Waals surface area contributed by atoms with Gasteiger partial charge >= 0.3 is 5.97 Å². The maximum Gasteiger partial charge on any atom is 0.303 e. The van der Waals surface area contributed by atoms with E-state index in [1.807, 2.05) is 13.8 Å². The van der Waals surface area contributed by atoms with Crippen molar-refractivity contribution in [3.05, 3.63) is 28.8 Å². The minimum absolute atomic E-state index is 0.0341. The van der Waals surface area contributed by atoms with Crippen molar-refractivity contribution < 1.29 is 19.1 Å². The van der Waals surface area contributed by atoms with Gasteiger partial charge in [0.15, 0.2) is 0 Å². The van der Waals surface area contributed by atoms with Gasteiger partial charge in [-0.1, -0.05) is 25.4 Å². The number of nitrogens with one attached hydrogen (secondary N) is 1. The zero-order valence-electron chi connectivity index (χ0n) is 11.9. The molecule has 0 radical (unpaired) electrons. The summed E-state index contributed by atoms with van der Waals surface area (Å²) < 4.78 is 13.1. The lowest BCUT2D eigenvalue weighted by molar-refractivity contribution is -0.138. The highest BCUT2D eigenvalue weighted by molar-refractivity contribution is 6.32.